The van der Waals surface area contributed by atoms with Crippen LogP contribution in [-0.4, -0.2) is 35.7 Å². The fraction of sp³-hybridized carbons (Fsp3) is 1.00. The van der Waals surface area contributed by atoms with Gasteiger partial charge < -0.3 is 10.0 Å². The summed E-state index contributed by atoms with van der Waals surface area (Å²) in [5.41, 5.74) is 0. The molecular formula is C14H27NO. The minimum absolute atomic E-state index is 0.113. The van der Waals surface area contributed by atoms with E-state index in [4.69, 9.17) is 0 Å². The molecule has 0 aromatic carbocycles. The summed E-state index contributed by atoms with van der Waals surface area (Å²) in [5.74, 6) is 3.13. The number of hydrogen-bond donors (Lipinski definition) is 1. The summed E-state index contributed by atoms with van der Waals surface area (Å²) in [4.78, 5) is 2.43. The molecule has 0 bridgehead atoms. The second-order valence-electron chi connectivity index (χ2n) is 6.52. The Balaban J connectivity index is 1.90. The van der Waals surface area contributed by atoms with Gasteiger partial charge in [0.1, 0.15) is 0 Å². The zero-order chi connectivity index (χ0) is 11.9. The molecule has 1 N–H and O–H groups in total. The van der Waals surface area contributed by atoms with Crippen LogP contribution in [0.5, 0.6) is 0 Å². The zero-order valence-corrected chi connectivity index (χ0v) is 11.2. The van der Waals surface area contributed by atoms with Gasteiger partial charge in [0.25, 0.3) is 0 Å². The van der Waals surface area contributed by atoms with E-state index in [-0.39, 0.29) is 6.10 Å². The molecule has 2 aliphatic carbocycles. The van der Waals surface area contributed by atoms with Crippen LogP contribution >= 0.6 is 0 Å². The van der Waals surface area contributed by atoms with E-state index >= 15 is 0 Å². The van der Waals surface area contributed by atoms with Gasteiger partial charge >= 0.3 is 0 Å². The van der Waals surface area contributed by atoms with Gasteiger partial charge in [-0.1, -0.05) is 20.8 Å². The predicted molar refractivity (Wildman–Crippen MR) is 67.3 cm³/mol. The fourth-order valence-electron chi connectivity index (χ4n) is 3.67. The van der Waals surface area contributed by atoms with Crippen molar-refractivity contribution in [3.8, 4) is 0 Å². The summed E-state index contributed by atoms with van der Waals surface area (Å²) in [6.45, 7) is 8.08. The summed E-state index contributed by atoms with van der Waals surface area (Å²) in [6, 6.07) is 0.393. The van der Waals surface area contributed by atoms with Gasteiger partial charge in [-0.15, -0.1) is 0 Å². The molecule has 2 heteroatoms. The molecule has 2 nitrogen and oxygen atoms in total. The topological polar surface area (TPSA) is 23.5 Å². The smallest absolute Gasteiger partial charge is 0.0700 e. The number of nitrogens with zero attached hydrogens (tertiary/aromatic N) is 1. The van der Waals surface area contributed by atoms with Crippen molar-refractivity contribution in [3.63, 3.8) is 0 Å². The highest BCUT2D eigenvalue weighted by Crippen LogP contribution is 2.40. The van der Waals surface area contributed by atoms with Crippen LogP contribution in [0.25, 0.3) is 0 Å². The third-order valence-electron chi connectivity index (χ3n) is 4.70. The van der Waals surface area contributed by atoms with E-state index in [1.165, 1.54) is 19.4 Å². The predicted octanol–water partition coefficient (Wildman–Crippen LogP) is 2.37. The first kappa shape index (κ1) is 12.4. The standard InChI is InChI=1S/C14H27NO/c1-9-5-11(3)14(13(16)6-9)15(4)8-12-7-10(12)2/h9-14,16H,5-8H2,1-4H3. The highest BCUT2D eigenvalue weighted by molar-refractivity contribution is 4.92. The van der Waals surface area contributed by atoms with Crippen LogP contribution in [0.1, 0.15) is 40.0 Å². The molecule has 0 radical (unpaired) electrons. The molecule has 2 fully saturated rings. The van der Waals surface area contributed by atoms with Gasteiger partial charge in [0, 0.05) is 12.6 Å². The normalized spacial score (nSPS) is 48.4. The average molecular weight is 225 g/mol. The van der Waals surface area contributed by atoms with Gasteiger partial charge in [-0.3, -0.25) is 0 Å². The largest absolute Gasteiger partial charge is 0.391 e. The lowest BCUT2D eigenvalue weighted by Gasteiger charge is -2.42. The van der Waals surface area contributed by atoms with Crippen molar-refractivity contribution in [1.29, 1.82) is 0 Å². The molecule has 2 aliphatic rings. The first-order chi connectivity index (χ1) is 7.49. The minimum Gasteiger partial charge on any atom is -0.391 e. The van der Waals surface area contributed by atoms with Crippen molar-refractivity contribution in [2.24, 2.45) is 23.7 Å². The van der Waals surface area contributed by atoms with Crippen molar-refractivity contribution in [3.05, 3.63) is 0 Å². The van der Waals surface area contributed by atoms with Crippen LogP contribution in [-0.2, 0) is 0 Å². The molecule has 0 aliphatic heterocycles. The molecule has 0 heterocycles. The van der Waals surface area contributed by atoms with Gasteiger partial charge in [0.2, 0.25) is 0 Å². The molecule has 6 atom stereocenters. The molecule has 94 valence electrons. The monoisotopic (exact) mass is 225 g/mol. The van der Waals surface area contributed by atoms with E-state index < -0.39 is 0 Å². The average Bonchev–Trinajstić information content (AvgIpc) is 2.79. The van der Waals surface area contributed by atoms with Gasteiger partial charge in [-0.25, -0.2) is 0 Å². The third kappa shape index (κ3) is 2.60. The lowest BCUT2D eigenvalue weighted by atomic mass is 9.77. The van der Waals surface area contributed by atoms with Gasteiger partial charge in [0.15, 0.2) is 0 Å². The van der Waals surface area contributed by atoms with Crippen molar-refractivity contribution in [1.82, 2.24) is 4.90 Å². The quantitative estimate of drug-likeness (QED) is 0.797. The van der Waals surface area contributed by atoms with E-state index in [1.54, 1.807) is 0 Å². The molecule has 6 unspecified atom stereocenters. The van der Waals surface area contributed by atoms with Gasteiger partial charge in [0.05, 0.1) is 6.10 Å². The van der Waals surface area contributed by atoms with Crippen molar-refractivity contribution >= 4 is 0 Å². The number of likely N-dealkylation sites (N-methyl/N-ethyl adjacent to an activating group) is 1. The Morgan fingerprint density at radius 2 is 1.69 bits per heavy atom. The lowest BCUT2D eigenvalue weighted by molar-refractivity contribution is -0.0158. The first-order valence-corrected chi connectivity index (χ1v) is 6.87. The number of aliphatic hydroxyl groups is 1. The molecule has 0 aromatic heterocycles. The fourth-order valence-corrected chi connectivity index (χ4v) is 3.67. The summed E-state index contributed by atoms with van der Waals surface area (Å²) in [6.07, 6.45) is 3.53. The molecule has 2 rings (SSSR count). The Morgan fingerprint density at radius 3 is 2.19 bits per heavy atom. The molecule has 16 heavy (non-hydrogen) atoms. The van der Waals surface area contributed by atoms with E-state index in [2.05, 4.69) is 32.7 Å². The Hall–Kier alpha value is -0.0800. The summed E-state index contributed by atoms with van der Waals surface area (Å²) >= 11 is 0. The summed E-state index contributed by atoms with van der Waals surface area (Å²) in [7, 11) is 2.20. The molecule has 0 aromatic rings. The SMILES string of the molecule is CC1CC(C)C(N(C)CC2CC2C)C(O)C1. The van der Waals surface area contributed by atoms with Crippen molar-refractivity contribution < 1.29 is 5.11 Å². The molecule has 2 saturated carbocycles. The van der Waals surface area contributed by atoms with Crippen molar-refractivity contribution in [2.45, 2.75) is 52.2 Å². The summed E-state index contributed by atoms with van der Waals surface area (Å²) in [5, 5.41) is 10.2. The van der Waals surface area contributed by atoms with E-state index in [9.17, 15) is 5.11 Å². The molecular weight excluding hydrogens is 198 g/mol. The lowest BCUT2D eigenvalue weighted by Crippen LogP contribution is -2.50. The maximum atomic E-state index is 10.2. The Bertz CT molecular complexity index is 231. The van der Waals surface area contributed by atoms with Crippen LogP contribution in [0, 0.1) is 23.7 Å². The molecule has 0 amide bonds. The molecule has 0 saturated heterocycles. The van der Waals surface area contributed by atoms with Crippen LogP contribution < -0.4 is 0 Å². The zero-order valence-electron chi connectivity index (χ0n) is 11.2. The van der Waals surface area contributed by atoms with Crippen LogP contribution in [0.4, 0.5) is 0 Å². The molecule has 0 spiro atoms. The maximum absolute atomic E-state index is 10.2. The number of aliphatic hydroxyl groups excluding tert-OH is 1. The van der Waals surface area contributed by atoms with Crippen molar-refractivity contribution in [2.75, 3.05) is 13.6 Å². The third-order valence-corrected chi connectivity index (χ3v) is 4.70. The van der Waals surface area contributed by atoms with Gasteiger partial charge in [-0.05, 0) is 50.0 Å². The van der Waals surface area contributed by atoms with E-state index in [1.807, 2.05) is 0 Å². The number of hydrogen-bond acceptors (Lipinski definition) is 2. The van der Waals surface area contributed by atoms with E-state index in [0.717, 1.165) is 18.3 Å². The highest BCUT2D eigenvalue weighted by atomic mass is 16.3. The van der Waals surface area contributed by atoms with E-state index in [0.29, 0.717) is 17.9 Å². The van der Waals surface area contributed by atoms with Crippen LogP contribution in [0.2, 0.25) is 0 Å². The minimum atomic E-state index is -0.113. The maximum Gasteiger partial charge on any atom is 0.0700 e. The first-order valence-electron chi connectivity index (χ1n) is 6.87. The van der Waals surface area contributed by atoms with Crippen LogP contribution in [0.15, 0.2) is 0 Å². The second kappa shape index (κ2) is 4.66. The Labute approximate surface area is 100 Å². The highest BCUT2D eigenvalue weighted by Gasteiger charge is 2.39. The summed E-state index contributed by atoms with van der Waals surface area (Å²) < 4.78 is 0. The second-order valence-corrected chi connectivity index (χ2v) is 6.52. The Kier molecular flexibility index (Phi) is 3.60. The number of rotatable bonds is 3. The Morgan fingerprint density at radius 1 is 1.06 bits per heavy atom. The van der Waals surface area contributed by atoms with Crippen LogP contribution in [0.3, 0.4) is 0 Å². The van der Waals surface area contributed by atoms with Gasteiger partial charge in [-0.2, -0.15) is 0 Å².